The van der Waals surface area contributed by atoms with Crippen LogP contribution in [0.25, 0.3) is 10.9 Å². The molecule has 1 aromatic heterocycles. The molecular weight excluding hydrogens is 354 g/mol. The van der Waals surface area contributed by atoms with Gasteiger partial charge in [-0.05, 0) is 37.9 Å². The summed E-state index contributed by atoms with van der Waals surface area (Å²) in [4.78, 5) is 11.5. The van der Waals surface area contributed by atoms with Gasteiger partial charge < -0.3 is 9.84 Å². The molecule has 2 rings (SSSR count). The van der Waals surface area contributed by atoms with Crippen LogP contribution < -0.4 is 4.74 Å². The van der Waals surface area contributed by atoms with Crippen LogP contribution >= 0.6 is 31.9 Å². The molecular formula is C11H9Br2NO3. The Labute approximate surface area is 114 Å². The average Bonchev–Trinajstić information content (AvgIpc) is 2.64. The van der Waals surface area contributed by atoms with Crippen molar-refractivity contribution >= 4 is 48.7 Å². The molecule has 0 atom stereocenters. The third kappa shape index (κ3) is 1.85. The summed E-state index contributed by atoms with van der Waals surface area (Å²) in [7, 11) is 1.52. The van der Waals surface area contributed by atoms with Crippen LogP contribution in [0.4, 0.5) is 0 Å². The number of phenolic OH excluding ortho intramolecular Hbond substituents is 1. The normalized spacial score (nSPS) is 10.8. The van der Waals surface area contributed by atoms with Gasteiger partial charge in [0.15, 0.2) is 0 Å². The monoisotopic (exact) mass is 361 g/mol. The van der Waals surface area contributed by atoms with Crippen LogP contribution in [0.2, 0.25) is 0 Å². The summed E-state index contributed by atoms with van der Waals surface area (Å²) in [5, 5.41) is 10.5. The maximum atomic E-state index is 11.5. The van der Waals surface area contributed by atoms with Gasteiger partial charge in [-0.3, -0.25) is 9.36 Å². The van der Waals surface area contributed by atoms with Crippen LogP contribution in [0.1, 0.15) is 11.7 Å². The molecule has 0 amide bonds. The van der Waals surface area contributed by atoms with E-state index in [1.807, 2.05) is 0 Å². The van der Waals surface area contributed by atoms with Crippen molar-refractivity contribution < 1.29 is 14.6 Å². The highest BCUT2D eigenvalue weighted by atomic mass is 79.9. The predicted molar refractivity (Wildman–Crippen MR) is 71.9 cm³/mol. The van der Waals surface area contributed by atoms with E-state index < -0.39 is 0 Å². The molecule has 0 aliphatic rings. The number of halogens is 2. The summed E-state index contributed by atoms with van der Waals surface area (Å²) in [6.07, 6.45) is 1.60. The summed E-state index contributed by atoms with van der Waals surface area (Å²) < 4.78 is 7.69. The van der Waals surface area contributed by atoms with Gasteiger partial charge in [0.2, 0.25) is 5.91 Å². The van der Waals surface area contributed by atoms with Crippen molar-refractivity contribution in [2.45, 2.75) is 6.92 Å². The van der Waals surface area contributed by atoms with E-state index in [4.69, 9.17) is 4.74 Å². The van der Waals surface area contributed by atoms with E-state index in [0.29, 0.717) is 25.6 Å². The summed E-state index contributed by atoms with van der Waals surface area (Å²) in [5.74, 6) is 0.491. The van der Waals surface area contributed by atoms with Gasteiger partial charge >= 0.3 is 0 Å². The largest absolute Gasteiger partial charge is 0.506 e. The zero-order valence-corrected chi connectivity index (χ0v) is 12.3. The Kier molecular flexibility index (Phi) is 3.18. The fraction of sp³-hybridized carbons (Fsp3) is 0.182. The van der Waals surface area contributed by atoms with E-state index in [-0.39, 0.29) is 11.7 Å². The Morgan fingerprint density at radius 3 is 2.65 bits per heavy atom. The molecule has 6 heteroatoms. The fourth-order valence-electron chi connectivity index (χ4n) is 1.69. The molecule has 1 N–H and O–H groups in total. The molecule has 0 spiro atoms. The van der Waals surface area contributed by atoms with Gasteiger partial charge in [0.1, 0.15) is 11.5 Å². The second-order valence-electron chi connectivity index (χ2n) is 3.50. The number of ether oxygens (including phenoxy) is 1. The number of phenols is 1. The first kappa shape index (κ1) is 12.4. The zero-order valence-electron chi connectivity index (χ0n) is 9.12. The van der Waals surface area contributed by atoms with Crippen LogP contribution in [-0.4, -0.2) is 22.7 Å². The van der Waals surface area contributed by atoms with Crippen molar-refractivity contribution in [1.29, 1.82) is 0 Å². The second-order valence-corrected chi connectivity index (χ2v) is 5.15. The number of carbonyl (C=O) groups excluding carboxylic acids is 1. The first-order valence-electron chi connectivity index (χ1n) is 4.74. The molecule has 2 aromatic rings. The van der Waals surface area contributed by atoms with Gasteiger partial charge in [-0.25, -0.2) is 0 Å². The number of aromatic hydroxyl groups is 1. The Balaban J connectivity index is 2.95. The number of rotatable bonds is 1. The Morgan fingerprint density at radius 2 is 2.12 bits per heavy atom. The minimum Gasteiger partial charge on any atom is -0.506 e. The van der Waals surface area contributed by atoms with Crippen molar-refractivity contribution in [1.82, 2.24) is 4.57 Å². The van der Waals surface area contributed by atoms with E-state index in [2.05, 4.69) is 31.9 Å². The quantitative estimate of drug-likeness (QED) is 0.844. The highest BCUT2D eigenvalue weighted by Gasteiger charge is 2.18. The van der Waals surface area contributed by atoms with E-state index >= 15 is 0 Å². The third-order valence-electron chi connectivity index (χ3n) is 2.48. The minimum atomic E-state index is -0.122. The van der Waals surface area contributed by atoms with Crippen molar-refractivity contribution in [3.05, 3.63) is 21.2 Å². The minimum absolute atomic E-state index is 0.0807. The lowest BCUT2D eigenvalue weighted by molar-refractivity contribution is 0.0941. The lowest BCUT2D eigenvalue weighted by atomic mass is 10.2. The molecule has 17 heavy (non-hydrogen) atoms. The Morgan fingerprint density at radius 1 is 1.47 bits per heavy atom. The van der Waals surface area contributed by atoms with Crippen molar-refractivity contribution in [3.8, 4) is 11.5 Å². The zero-order chi connectivity index (χ0) is 12.7. The summed E-state index contributed by atoms with van der Waals surface area (Å²) in [6, 6.07) is 1.68. The first-order chi connectivity index (χ1) is 7.97. The summed E-state index contributed by atoms with van der Waals surface area (Å²) >= 11 is 6.54. The summed E-state index contributed by atoms with van der Waals surface area (Å²) in [6.45, 7) is 1.47. The molecule has 90 valence electrons. The molecule has 0 fully saturated rings. The molecule has 0 unspecified atom stereocenters. The van der Waals surface area contributed by atoms with E-state index in [1.54, 1.807) is 12.3 Å². The molecule has 0 saturated heterocycles. The molecule has 1 heterocycles. The lowest BCUT2D eigenvalue weighted by Crippen LogP contribution is -2.02. The highest BCUT2D eigenvalue weighted by Crippen LogP contribution is 2.43. The number of hydrogen-bond donors (Lipinski definition) is 1. The molecule has 0 aliphatic carbocycles. The molecule has 0 aliphatic heterocycles. The summed E-state index contributed by atoms with van der Waals surface area (Å²) in [5.41, 5.74) is 0.672. The Bertz CT molecular complexity index is 619. The van der Waals surface area contributed by atoms with Gasteiger partial charge in [-0.1, -0.05) is 0 Å². The fourth-order valence-corrected chi connectivity index (χ4v) is 2.98. The van der Waals surface area contributed by atoms with Gasteiger partial charge in [0.25, 0.3) is 0 Å². The number of benzene rings is 1. The van der Waals surface area contributed by atoms with Crippen LogP contribution in [-0.2, 0) is 0 Å². The molecule has 1 aromatic carbocycles. The predicted octanol–water partition coefficient (Wildman–Crippen LogP) is 3.54. The Hall–Kier alpha value is -1.01. The number of hydrogen-bond acceptors (Lipinski definition) is 3. The maximum absolute atomic E-state index is 11.5. The van der Waals surface area contributed by atoms with Gasteiger partial charge in [0, 0.05) is 6.92 Å². The molecule has 0 saturated carbocycles. The molecule has 0 radical (unpaired) electrons. The second kappa shape index (κ2) is 4.34. The van der Waals surface area contributed by atoms with Crippen LogP contribution in [0.3, 0.4) is 0 Å². The highest BCUT2D eigenvalue weighted by molar-refractivity contribution is 9.11. The maximum Gasteiger partial charge on any atom is 0.228 e. The number of nitrogens with zero attached hydrogens (tertiary/aromatic N) is 1. The van der Waals surface area contributed by atoms with Crippen molar-refractivity contribution in [2.24, 2.45) is 0 Å². The van der Waals surface area contributed by atoms with Gasteiger partial charge in [0.05, 0.1) is 33.2 Å². The van der Waals surface area contributed by atoms with Crippen LogP contribution in [0, 0.1) is 0 Å². The molecule has 4 nitrogen and oxygen atoms in total. The standard InChI is InChI=1S/C11H9Br2NO3/c1-5(15)14-4-8(17-2)9-7(14)3-6(12)11(16)10(9)13/h3-4,16H,1-2H3. The number of methoxy groups -OCH3 is 1. The number of aromatic nitrogens is 1. The third-order valence-corrected chi connectivity index (χ3v) is 3.86. The smallest absolute Gasteiger partial charge is 0.228 e. The van der Waals surface area contributed by atoms with Crippen molar-refractivity contribution in [2.75, 3.05) is 7.11 Å². The van der Waals surface area contributed by atoms with E-state index in [0.717, 1.165) is 0 Å². The number of carbonyl (C=O) groups is 1. The molecule has 0 bridgehead atoms. The first-order valence-corrected chi connectivity index (χ1v) is 6.33. The van der Waals surface area contributed by atoms with Crippen LogP contribution in [0.5, 0.6) is 11.5 Å². The van der Waals surface area contributed by atoms with Gasteiger partial charge in [-0.15, -0.1) is 0 Å². The average molecular weight is 363 g/mol. The lowest BCUT2D eigenvalue weighted by Gasteiger charge is -2.05. The van der Waals surface area contributed by atoms with Crippen molar-refractivity contribution in [3.63, 3.8) is 0 Å². The SMILES string of the molecule is COc1cn(C(C)=O)c2cc(Br)c(O)c(Br)c12. The van der Waals surface area contributed by atoms with Gasteiger partial charge in [-0.2, -0.15) is 0 Å². The topological polar surface area (TPSA) is 51.5 Å². The van der Waals surface area contributed by atoms with Crippen LogP contribution in [0.15, 0.2) is 21.2 Å². The number of fused-ring (bicyclic) bond motifs is 1. The van der Waals surface area contributed by atoms with E-state index in [1.165, 1.54) is 18.6 Å². The van der Waals surface area contributed by atoms with E-state index in [9.17, 15) is 9.90 Å².